The van der Waals surface area contributed by atoms with Gasteiger partial charge in [-0.15, -0.1) is 13.2 Å². The molecule has 0 N–H and O–H groups in total. The third-order valence-corrected chi connectivity index (χ3v) is 3.87. The maximum atomic E-state index is 12.2. The summed E-state index contributed by atoms with van der Waals surface area (Å²) in [6, 6.07) is 9.04. The third kappa shape index (κ3) is 5.84. The lowest BCUT2D eigenvalue weighted by Crippen LogP contribution is -2.30. The van der Waals surface area contributed by atoms with E-state index in [1.54, 1.807) is 18.3 Å². The Hall–Kier alpha value is -2.82. The topological polar surface area (TPSA) is 40.6 Å². The molecule has 0 aliphatic carbocycles. The van der Waals surface area contributed by atoms with Gasteiger partial charge in [-0.25, -0.2) is 0 Å². The molecule has 0 radical (unpaired) electrons. The number of benzene rings is 1. The smallest absolute Gasteiger partial charge is 0.406 e. The Morgan fingerprint density at radius 3 is 2.39 bits per heavy atom. The minimum atomic E-state index is -4.71. The van der Waals surface area contributed by atoms with Gasteiger partial charge in [0, 0.05) is 23.2 Å². The maximum absolute atomic E-state index is 12.2. The normalized spacial score (nSPS) is 19.9. The van der Waals surface area contributed by atoms with Crippen LogP contribution in [0.3, 0.4) is 0 Å². The van der Waals surface area contributed by atoms with E-state index in [2.05, 4.69) is 21.6 Å². The lowest BCUT2D eigenvalue weighted by molar-refractivity contribution is -0.274. The van der Waals surface area contributed by atoms with Crippen molar-refractivity contribution in [3.63, 3.8) is 0 Å². The molecular formula is C21H18F3NO3. The van der Waals surface area contributed by atoms with Crippen LogP contribution < -0.4 is 4.74 Å². The molecule has 1 aromatic carbocycles. The second kappa shape index (κ2) is 8.91. The molecule has 28 heavy (non-hydrogen) atoms. The van der Waals surface area contributed by atoms with E-state index in [0.29, 0.717) is 30.0 Å². The molecule has 1 aliphatic heterocycles. The number of ether oxygens (including phenoxy) is 3. The van der Waals surface area contributed by atoms with Gasteiger partial charge in [0.25, 0.3) is 0 Å². The molecule has 1 fully saturated rings. The number of rotatable bonds is 3. The van der Waals surface area contributed by atoms with Crippen LogP contribution >= 0.6 is 0 Å². The standard InChI is InChI=1S/C21H18F3NO3/c1-2-3-16-13-26-20(27-14-16)11-5-15-4-10-19(25-12-15)17-6-8-18(9-7-17)28-21(22,23)24/h2-4,6-10,12,16,20H,13-14H2,1H3/b3-2+/t16-,20-. The van der Waals surface area contributed by atoms with Crippen LogP contribution in [0.1, 0.15) is 12.5 Å². The molecule has 1 aliphatic rings. The summed E-state index contributed by atoms with van der Waals surface area (Å²) in [5, 5.41) is 0. The van der Waals surface area contributed by atoms with E-state index in [1.807, 2.05) is 19.1 Å². The van der Waals surface area contributed by atoms with E-state index in [4.69, 9.17) is 9.47 Å². The average Bonchev–Trinajstić information content (AvgIpc) is 2.68. The summed E-state index contributed by atoms with van der Waals surface area (Å²) in [4.78, 5) is 4.30. The summed E-state index contributed by atoms with van der Waals surface area (Å²) in [6.07, 6.45) is 0.317. The summed E-state index contributed by atoms with van der Waals surface area (Å²) >= 11 is 0. The number of nitrogens with zero attached hydrogens (tertiary/aromatic N) is 1. The summed E-state index contributed by atoms with van der Waals surface area (Å²) < 4.78 is 51.5. The number of halogens is 3. The van der Waals surface area contributed by atoms with E-state index in [-0.39, 0.29) is 11.7 Å². The van der Waals surface area contributed by atoms with Crippen LogP contribution in [0, 0.1) is 17.8 Å². The molecule has 0 spiro atoms. The monoisotopic (exact) mass is 389 g/mol. The molecule has 1 saturated heterocycles. The molecule has 4 nitrogen and oxygen atoms in total. The SMILES string of the molecule is C/C=C/[C@H]1CO[C@H](C#Cc2ccc(-c3ccc(OC(F)(F)F)cc3)nc2)OC1. The number of hydrogen-bond donors (Lipinski definition) is 0. The van der Waals surface area contributed by atoms with Crippen LogP contribution in [0.15, 0.2) is 54.7 Å². The van der Waals surface area contributed by atoms with Gasteiger partial charge in [-0.1, -0.05) is 18.1 Å². The van der Waals surface area contributed by atoms with Crippen LogP contribution in [-0.4, -0.2) is 30.9 Å². The fraction of sp³-hybridized carbons (Fsp3) is 0.286. The molecule has 3 rings (SSSR count). The van der Waals surface area contributed by atoms with Gasteiger partial charge in [0.1, 0.15) is 5.75 Å². The predicted octanol–water partition coefficient (Wildman–Crippen LogP) is 4.56. The Bertz CT molecular complexity index is 857. The van der Waals surface area contributed by atoms with Gasteiger partial charge in [0.15, 0.2) is 0 Å². The fourth-order valence-corrected chi connectivity index (χ4v) is 2.59. The highest BCUT2D eigenvalue weighted by molar-refractivity contribution is 5.60. The number of allylic oxidation sites excluding steroid dienone is 1. The first-order chi connectivity index (χ1) is 13.4. The molecule has 0 amide bonds. The highest BCUT2D eigenvalue weighted by Gasteiger charge is 2.30. The Morgan fingerprint density at radius 2 is 1.82 bits per heavy atom. The lowest BCUT2D eigenvalue weighted by Gasteiger charge is -2.24. The molecule has 2 aromatic rings. The quantitative estimate of drug-likeness (QED) is 0.570. The first kappa shape index (κ1) is 19.9. The highest BCUT2D eigenvalue weighted by Crippen LogP contribution is 2.25. The number of pyridine rings is 1. The predicted molar refractivity (Wildman–Crippen MR) is 97.2 cm³/mol. The molecule has 0 saturated carbocycles. The van der Waals surface area contributed by atoms with E-state index in [1.165, 1.54) is 24.3 Å². The number of aromatic nitrogens is 1. The van der Waals surface area contributed by atoms with Gasteiger partial charge in [0.05, 0.1) is 18.9 Å². The van der Waals surface area contributed by atoms with Crippen molar-refractivity contribution in [1.29, 1.82) is 0 Å². The van der Waals surface area contributed by atoms with E-state index in [9.17, 15) is 13.2 Å². The zero-order valence-corrected chi connectivity index (χ0v) is 15.1. The van der Waals surface area contributed by atoms with Crippen molar-refractivity contribution < 1.29 is 27.4 Å². The Balaban J connectivity index is 1.60. The second-order valence-corrected chi connectivity index (χ2v) is 6.06. The Kier molecular flexibility index (Phi) is 6.34. The average molecular weight is 389 g/mol. The van der Waals surface area contributed by atoms with Crippen LogP contribution in [0.5, 0.6) is 5.75 Å². The summed E-state index contributed by atoms with van der Waals surface area (Å²) in [6.45, 7) is 3.08. The van der Waals surface area contributed by atoms with Crippen LogP contribution in [0.25, 0.3) is 11.3 Å². The van der Waals surface area contributed by atoms with Crippen molar-refractivity contribution in [2.45, 2.75) is 19.6 Å². The van der Waals surface area contributed by atoms with E-state index in [0.717, 1.165) is 0 Å². The minimum Gasteiger partial charge on any atom is -0.406 e. The van der Waals surface area contributed by atoms with Crippen LogP contribution in [0.2, 0.25) is 0 Å². The molecule has 0 atom stereocenters. The zero-order valence-electron chi connectivity index (χ0n) is 15.1. The maximum Gasteiger partial charge on any atom is 0.573 e. The largest absolute Gasteiger partial charge is 0.573 e. The first-order valence-corrected chi connectivity index (χ1v) is 8.63. The minimum absolute atomic E-state index is 0.247. The van der Waals surface area contributed by atoms with Crippen LogP contribution in [-0.2, 0) is 9.47 Å². The molecule has 1 aromatic heterocycles. The molecule has 0 bridgehead atoms. The van der Waals surface area contributed by atoms with Gasteiger partial charge in [-0.05, 0) is 49.2 Å². The highest BCUT2D eigenvalue weighted by atomic mass is 19.4. The summed E-state index contributed by atoms with van der Waals surface area (Å²) in [5.41, 5.74) is 1.97. The molecule has 2 heterocycles. The van der Waals surface area contributed by atoms with Crippen molar-refractivity contribution in [1.82, 2.24) is 4.98 Å². The van der Waals surface area contributed by atoms with Crippen molar-refractivity contribution in [3.8, 4) is 28.8 Å². The molecule has 0 unspecified atom stereocenters. The zero-order chi connectivity index (χ0) is 20.0. The van der Waals surface area contributed by atoms with Crippen molar-refractivity contribution in [2.24, 2.45) is 5.92 Å². The molecule has 7 heteroatoms. The Morgan fingerprint density at radius 1 is 1.11 bits per heavy atom. The first-order valence-electron chi connectivity index (χ1n) is 8.63. The van der Waals surface area contributed by atoms with Gasteiger partial charge in [-0.3, -0.25) is 4.98 Å². The summed E-state index contributed by atoms with van der Waals surface area (Å²) in [7, 11) is 0. The van der Waals surface area contributed by atoms with Gasteiger partial charge in [0.2, 0.25) is 6.29 Å². The van der Waals surface area contributed by atoms with E-state index >= 15 is 0 Å². The van der Waals surface area contributed by atoms with Crippen molar-refractivity contribution >= 4 is 0 Å². The van der Waals surface area contributed by atoms with E-state index < -0.39 is 12.7 Å². The number of hydrogen-bond acceptors (Lipinski definition) is 4. The van der Waals surface area contributed by atoms with Crippen LogP contribution in [0.4, 0.5) is 13.2 Å². The molecule has 146 valence electrons. The van der Waals surface area contributed by atoms with Gasteiger partial charge >= 0.3 is 6.36 Å². The molecular weight excluding hydrogens is 371 g/mol. The van der Waals surface area contributed by atoms with Crippen molar-refractivity contribution in [3.05, 3.63) is 60.3 Å². The van der Waals surface area contributed by atoms with Gasteiger partial charge in [-0.2, -0.15) is 0 Å². The van der Waals surface area contributed by atoms with Crippen molar-refractivity contribution in [2.75, 3.05) is 13.2 Å². The lowest BCUT2D eigenvalue weighted by atomic mass is 10.1. The summed E-state index contributed by atoms with van der Waals surface area (Å²) in [5.74, 6) is 5.83. The third-order valence-electron chi connectivity index (χ3n) is 3.87. The fourth-order valence-electron chi connectivity index (χ4n) is 2.59. The van der Waals surface area contributed by atoms with Gasteiger partial charge < -0.3 is 14.2 Å². The Labute approximate surface area is 160 Å². The second-order valence-electron chi connectivity index (χ2n) is 6.06. The number of alkyl halides is 3.